The fourth-order valence-electron chi connectivity index (χ4n) is 5.91. The van der Waals surface area contributed by atoms with Crippen LogP contribution in [0.2, 0.25) is 0 Å². The first-order valence-corrected chi connectivity index (χ1v) is 11.8. The van der Waals surface area contributed by atoms with E-state index in [0.717, 1.165) is 24.3 Å². The molecule has 0 aromatic rings. The SMILES string of the molecule is CCCCCON1C(=O)[C@@H]2[C@H]3O[C@@H]([C@@H]2C1=O)[C@H]1[C@H]3[C@@]2(Cl)C(Cl)=C(Cl)[C@@]1(Cl)C2(Cl)Cl. The van der Waals surface area contributed by atoms with Gasteiger partial charge in [-0.1, -0.05) is 66.2 Å². The lowest BCUT2D eigenvalue weighted by molar-refractivity contribution is -0.192. The van der Waals surface area contributed by atoms with Crippen molar-refractivity contribution < 1.29 is 19.2 Å². The van der Waals surface area contributed by atoms with Crippen molar-refractivity contribution in [2.45, 2.75) is 52.5 Å². The minimum atomic E-state index is -1.71. The Hall–Kier alpha value is 0.540. The molecule has 4 bridgehead atoms. The zero-order chi connectivity index (χ0) is 21.1. The fourth-order valence-corrected chi connectivity index (χ4v) is 8.97. The Morgan fingerprint density at radius 3 is 1.86 bits per heavy atom. The first-order valence-electron chi connectivity index (χ1n) is 9.54. The van der Waals surface area contributed by atoms with Crippen LogP contribution in [0, 0.1) is 23.7 Å². The molecular formula is C18H17Cl6NO4. The number of unbranched alkanes of at least 4 members (excludes halogenated alkanes) is 2. The molecule has 5 aliphatic rings. The van der Waals surface area contributed by atoms with Gasteiger partial charge >= 0.3 is 0 Å². The summed E-state index contributed by atoms with van der Waals surface area (Å²) in [4.78, 5) is 28.5. The number of fused-ring (bicyclic) bond motifs is 12. The number of rotatable bonds is 5. The van der Waals surface area contributed by atoms with E-state index in [0.29, 0.717) is 6.61 Å². The van der Waals surface area contributed by atoms with Gasteiger partial charge in [0.2, 0.25) is 0 Å². The Bertz CT molecular complexity index is 792. The van der Waals surface area contributed by atoms with Crippen LogP contribution in [0.25, 0.3) is 0 Å². The summed E-state index contributed by atoms with van der Waals surface area (Å²) in [7, 11) is 0. The van der Waals surface area contributed by atoms with E-state index in [2.05, 4.69) is 6.92 Å². The first kappa shape index (κ1) is 21.4. The number of hydrogen-bond donors (Lipinski definition) is 0. The maximum absolute atomic E-state index is 13.0. The Labute approximate surface area is 197 Å². The minimum absolute atomic E-state index is 0.0687. The largest absolute Gasteiger partial charge is 0.373 e. The van der Waals surface area contributed by atoms with E-state index in [1.165, 1.54) is 0 Å². The molecule has 1 saturated carbocycles. The second-order valence-electron chi connectivity index (χ2n) is 8.31. The van der Waals surface area contributed by atoms with Gasteiger partial charge in [-0.2, -0.15) is 5.06 Å². The number of carbonyl (C=O) groups is 2. The van der Waals surface area contributed by atoms with Gasteiger partial charge in [0.1, 0.15) is 9.75 Å². The molecule has 0 aromatic heterocycles. The lowest BCUT2D eigenvalue weighted by Gasteiger charge is -2.39. The third kappa shape index (κ3) is 2.16. The summed E-state index contributed by atoms with van der Waals surface area (Å²) < 4.78 is 4.37. The average Bonchev–Trinajstić information content (AvgIpc) is 3.37. The predicted octanol–water partition coefficient (Wildman–Crippen LogP) is 4.57. The van der Waals surface area contributed by atoms with Crippen LogP contribution >= 0.6 is 69.6 Å². The molecule has 160 valence electrons. The van der Waals surface area contributed by atoms with Crippen molar-refractivity contribution in [3.05, 3.63) is 10.1 Å². The second-order valence-corrected chi connectivity index (χ2v) is 11.6. The monoisotopic (exact) mass is 521 g/mol. The second kappa shape index (κ2) is 6.54. The molecule has 5 nitrogen and oxygen atoms in total. The van der Waals surface area contributed by atoms with Crippen molar-refractivity contribution in [2.75, 3.05) is 6.61 Å². The predicted molar refractivity (Wildman–Crippen MR) is 110 cm³/mol. The number of alkyl halides is 4. The fraction of sp³-hybridized carbons (Fsp3) is 0.778. The normalized spacial score (nSPS) is 48.9. The maximum Gasteiger partial charge on any atom is 0.260 e. The number of hydroxylamine groups is 2. The summed E-state index contributed by atoms with van der Waals surface area (Å²) in [5, 5.41) is 1.02. The highest BCUT2D eigenvalue weighted by atomic mass is 35.5. The van der Waals surface area contributed by atoms with Crippen LogP contribution in [-0.2, 0) is 19.2 Å². The highest BCUT2D eigenvalue weighted by Crippen LogP contribution is 2.81. The summed E-state index contributed by atoms with van der Waals surface area (Å²) in [5.74, 6) is -3.46. The smallest absolute Gasteiger partial charge is 0.260 e. The van der Waals surface area contributed by atoms with Crippen molar-refractivity contribution >= 4 is 81.4 Å². The van der Waals surface area contributed by atoms with Crippen molar-refractivity contribution in [3.63, 3.8) is 0 Å². The first-order chi connectivity index (χ1) is 13.6. The van der Waals surface area contributed by atoms with Crippen molar-refractivity contribution in [2.24, 2.45) is 23.7 Å². The standard InChI is InChI=1S/C18H17Cl6NO4/c1-2-3-4-5-28-25-14(26)6-7(15(25)27)11-9-8(10(6)29-11)16(21)12(19)13(20)17(9,22)18(16,23)24/h6-11H,2-5H2,1H3/t6-,7+,8-,9-,10+,11-,16-,17-/m1/s1. The number of imide groups is 1. The Morgan fingerprint density at radius 1 is 0.931 bits per heavy atom. The highest BCUT2D eigenvalue weighted by molar-refractivity contribution is 6.65. The Kier molecular flexibility index (Phi) is 4.82. The van der Waals surface area contributed by atoms with Crippen molar-refractivity contribution in [1.29, 1.82) is 0 Å². The van der Waals surface area contributed by atoms with Gasteiger partial charge in [0, 0.05) is 11.8 Å². The van der Waals surface area contributed by atoms with Gasteiger partial charge in [0.05, 0.1) is 40.7 Å². The third-order valence-electron chi connectivity index (χ3n) is 7.11. The van der Waals surface area contributed by atoms with Gasteiger partial charge < -0.3 is 4.74 Å². The van der Waals surface area contributed by atoms with Crippen LogP contribution in [0.1, 0.15) is 26.2 Å². The molecule has 11 heteroatoms. The number of ether oxygens (including phenoxy) is 1. The molecule has 0 N–H and O–H groups in total. The maximum atomic E-state index is 13.0. The number of amides is 2. The molecule has 5 rings (SSSR count). The van der Waals surface area contributed by atoms with E-state index in [1.807, 2.05) is 0 Å². The molecule has 4 fully saturated rings. The summed E-state index contributed by atoms with van der Waals surface area (Å²) in [5.41, 5.74) is 0. The van der Waals surface area contributed by atoms with E-state index >= 15 is 0 Å². The highest BCUT2D eigenvalue weighted by Gasteiger charge is 2.90. The van der Waals surface area contributed by atoms with Crippen LogP contribution < -0.4 is 0 Å². The zero-order valence-electron chi connectivity index (χ0n) is 15.1. The Morgan fingerprint density at radius 2 is 1.41 bits per heavy atom. The van der Waals surface area contributed by atoms with Gasteiger partial charge in [-0.25, -0.2) is 0 Å². The lowest BCUT2D eigenvalue weighted by Crippen LogP contribution is -2.50. The number of carbonyl (C=O) groups excluding carboxylic acids is 2. The van der Waals surface area contributed by atoms with Crippen LogP contribution in [-0.4, -0.2) is 49.8 Å². The molecule has 2 amide bonds. The molecule has 3 heterocycles. The van der Waals surface area contributed by atoms with E-state index < -0.39 is 61.8 Å². The van der Waals surface area contributed by atoms with Crippen LogP contribution in [0.15, 0.2) is 10.1 Å². The molecule has 3 aliphatic heterocycles. The molecular weight excluding hydrogens is 507 g/mol. The van der Waals surface area contributed by atoms with Gasteiger partial charge in [-0.15, -0.1) is 23.2 Å². The quantitative estimate of drug-likeness (QED) is 0.301. The van der Waals surface area contributed by atoms with Gasteiger partial charge in [-0.05, 0) is 6.42 Å². The van der Waals surface area contributed by atoms with E-state index in [-0.39, 0.29) is 10.1 Å². The lowest BCUT2D eigenvalue weighted by atomic mass is 9.65. The molecule has 0 spiro atoms. The minimum Gasteiger partial charge on any atom is -0.373 e. The van der Waals surface area contributed by atoms with E-state index in [9.17, 15) is 9.59 Å². The molecule has 3 saturated heterocycles. The van der Waals surface area contributed by atoms with Crippen LogP contribution in [0.4, 0.5) is 0 Å². The molecule has 0 radical (unpaired) electrons. The Balaban J connectivity index is 1.50. The summed E-state index contributed by atoms with van der Waals surface area (Å²) in [6.45, 7) is 2.35. The number of hydrogen-bond acceptors (Lipinski definition) is 4. The van der Waals surface area contributed by atoms with Crippen LogP contribution in [0.3, 0.4) is 0 Å². The molecule has 8 atom stereocenters. The van der Waals surface area contributed by atoms with Gasteiger partial charge in [-0.3, -0.25) is 14.4 Å². The molecule has 2 aliphatic carbocycles. The van der Waals surface area contributed by atoms with Crippen LogP contribution in [0.5, 0.6) is 0 Å². The van der Waals surface area contributed by atoms with Crippen molar-refractivity contribution in [1.82, 2.24) is 5.06 Å². The molecule has 29 heavy (non-hydrogen) atoms. The topological polar surface area (TPSA) is 55.8 Å². The number of halogens is 6. The summed E-state index contributed by atoms with van der Waals surface area (Å²) >= 11 is 40.0. The van der Waals surface area contributed by atoms with E-state index in [4.69, 9.17) is 79.2 Å². The third-order valence-corrected chi connectivity index (χ3v) is 11.4. The van der Waals surface area contributed by atoms with Crippen molar-refractivity contribution in [3.8, 4) is 0 Å². The number of nitrogens with zero attached hydrogens (tertiary/aromatic N) is 1. The molecule has 0 aromatic carbocycles. The average molecular weight is 524 g/mol. The number of allylic oxidation sites excluding steroid dienone is 2. The summed E-state index contributed by atoms with van der Waals surface area (Å²) in [6.07, 6.45) is 1.29. The van der Waals surface area contributed by atoms with Gasteiger partial charge in [0.25, 0.3) is 11.8 Å². The van der Waals surface area contributed by atoms with Gasteiger partial charge in [0.15, 0.2) is 4.33 Å². The van der Waals surface area contributed by atoms with E-state index in [1.54, 1.807) is 0 Å². The summed E-state index contributed by atoms with van der Waals surface area (Å²) in [6, 6.07) is 0. The zero-order valence-corrected chi connectivity index (χ0v) is 19.7. The molecule has 0 unspecified atom stereocenters.